The number of hydrogen-bond acceptors (Lipinski definition) is 3. The van der Waals surface area contributed by atoms with Crippen LogP contribution in [0.3, 0.4) is 0 Å². The van der Waals surface area contributed by atoms with Crippen molar-refractivity contribution in [1.29, 1.82) is 0 Å². The number of amides is 1. The fraction of sp³-hybridized carbons (Fsp3) is 0.261. The molecule has 1 saturated heterocycles. The van der Waals surface area contributed by atoms with Crippen molar-refractivity contribution < 1.29 is 9.18 Å². The lowest BCUT2D eigenvalue weighted by Crippen LogP contribution is -2.39. The van der Waals surface area contributed by atoms with Crippen LogP contribution in [0, 0.1) is 18.7 Å². The van der Waals surface area contributed by atoms with Crippen LogP contribution in [0.1, 0.15) is 34.6 Å². The molecule has 0 bridgehead atoms. The van der Waals surface area contributed by atoms with Gasteiger partial charge in [-0.15, -0.1) is 0 Å². The molecule has 1 N–H and O–H groups in total. The number of halogens is 2. The van der Waals surface area contributed by atoms with E-state index in [1.807, 2.05) is 42.3 Å². The summed E-state index contributed by atoms with van der Waals surface area (Å²) in [5.41, 5.74) is 3.28. The number of piperidine rings is 1. The number of nitrogens with zero attached hydrogens (tertiary/aromatic N) is 4. The molecule has 2 aromatic carbocycles. The molecular formula is C23H19BrFN5O. The Morgan fingerprint density at radius 3 is 2.97 bits per heavy atom. The number of carbonyl (C=O) groups is 1. The summed E-state index contributed by atoms with van der Waals surface area (Å²) in [6, 6.07) is 10.8. The normalized spacial score (nSPS) is 22.2. The lowest BCUT2D eigenvalue weighted by molar-refractivity contribution is 0.0680. The number of carbonyl (C=O) groups excluding carboxylic acids is 1. The molecule has 2 aliphatic rings. The summed E-state index contributed by atoms with van der Waals surface area (Å²) < 4.78 is 16.1. The zero-order valence-electron chi connectivity index (χ0n) is 16.8. The molecule has 6 nitrogen and oxygen atoms in total. The van der Waals surface area contributed by atoms with Gasteiger partial charge >= 0.3 is 0 Å². The van der Waals surface area contributed by atoms with Gasteiger partial charge < -0.3 is 9.88 Å². The zero-order valence-corrected chi connectivity index (χ0v) is 18.4. The molecule has 8 heteroatoms. The van der Waals surface area contributed by atoms with Crippen molar-refractivity contribution in [2.45, 2.75) is 25.3 Å². The Labute approximate surface area is 186 Å². The number of aryl methyl sites for hydroxylation is 1. The first-order chi connectivity index (χ1) is 15.0. The first kappa shape index (κ1) is 18.7. The summed E-state index contributed by atoms with van der Waals surface area (Å²) in [5.74, 6) is 0.729. The quantitative estimate of drug-likeness (QED) is 0.462. The molecule has 3 heterocycles. The third-order valence-corrected chi connectivity index (χ3v) is 7.18. The number of likely N-dealkylation sites (tertiary alicyclic amines) is 1. The smallest absolute Gasteiger partial charge is 0.256 e. The Balaban J connectivity index is 1.44. The molecule has 31 heavy (non-hydrogen) atoms. The molecule has 2 aromatic heterocycles. The highest BCUT2D eigenvalue weighted by Gasteiger charge is 2.66. The van der Waals surface area contributed by atoms with Gasteiger partial charge in [0.2, 0.25) is 0 Å². The predicted molar refractivity (Wildman–Crippen MR) is 117 cm³/mol. The van der Waals surface area contributed by atoms with Gasteiger partial charge in [-0.1, -0.05) is 11.6 Å². The number of hydrogen-bond donors (Lipinski definition) is 1. The van der Waals surface area contributed by atoms with Crippen LogP contribution in [-0.2, 0) is 5.54 Å². The van der Waals surface area contributed by atoms with Gasteiger partial charge in [-0.25, -0.2) is 14.1 Å². The minimum absolute atomic E-state index is 0.0259. The number of fused-ring (bicyclic) bond motifs is 2. The highest BCUT2D eigenvalue weighted by atomic mass is 79.9. The molecule has 1 aliphatic carbocycles. The van der Waals surface area contributed by atoms with Gasteiger partial charge in [-0.2, -0.15) is 5.10 Å². The van der Waals surface area contributed by atoms with E-state index in [9.17, 15) is 9.18 Å². The van der Waals surface area contributed by atoms with E-state index in [4.69, 9.17) is 4.98 Å². The van der Waals surface area contributed by atoms with Crippen LogP contribution in [-0.4, -0.2) is 37.1 Å². The van der Waals surface area contributed by atoms with Crippen LogP contribution in [0.4, 0.5) is 4.39 Å². The van der Waals surface area contributed by atoms with Gasteiger partial charge in [-0.05, 0) is 65.9 Å². The van der Waals surface area contributed by atoms with Crippen LogP contribution in [0.5, 0.6) is 0 Å². The Hall–Kier alpha value is -3.00. The van der Waals surface area contributed by atoms with Crippen LogP contribution in [0.2, 0.25) is 0 Å². The summed E-state index contributed by atoms with van der Waals surface area (Å²) >= 11 is 3.24. The van der Waals surface area contributed by atoms with Crippen LogP contribution in [0.25, 0.3) is 16.7 Å². The van der Waals surface area contributed by atoms with E-state index in [1.54, 1.807) is 16.9 Å². The average molecular weight is 480 g/mol. The molecule has 1 aliphatic heterocycles. The fourth-order valence-corrected chi connectivity index (χ4v) is 5.30. The number of nitrogens with one attached hydrogen (secondary N) is 1. The molecule has 2 atom stereocenters. The van der Waals surface area contributed by atoms with E-state index in [0.717, 1.165) is 35.4 Å². The summed E-state index contributed by atoms with van der Waals surface area (Å²) in [5, 5.41) is 4.32. The van der Waals surface area contributed by atoms with Crippen LogP contribution >= 0.6 is 15.9 Å². The van der Waals surface area contributed by atoms with Crippen molar-refractivity contribution in [2.24, 2.45) is 5.92 Å². The number of imidazole rings is 1. The Bertz CT molecular complexity index is 1310. The van der Waals surface area contributed by atoms with Crippen molar-refractivity contribution in [3.8, 4) is 5.69 Å². The molecule has 4 aromatic rings. The van der Waals surface area contributed by atoms with E-state index in [1.165, 1.54) is 6.07 Å². The molecule has 2 fully saturated rings. The maximum atomic E-state index is 14.0. The summed E-state index contributed by atoms with van der Waals surface area (Å²) in [6.07, 6.45) is 5.34. The molecule has 0 unspecified atom stereocenters. The van der Waals surface area contributed by atoms with Crippen LogP contribution in [0.15, 0.2) is 53.3 Å². The Morgan fingerprint density at radius 2 is 2.19 bits per heavy atom. The maximum Gasteiger partial charge on any atom is 0.256 e. The third kappa shape index (κ3) is 2.70. The second-order valence-corrected chi connectivity index (χ2v) is 9.27. The van der Waals surface area contributed by atoms with E-state index >= 15 is 0 Å². The van der Waals surface area contributed by atoms with Gasteiger partial charge in [0.1, 0.15) is 17.2 Å². The second-order valence-electron chi connectivity index (χ2n) is 8.41. The van der Waals surface area contributed by atoms with Gasteiger partial charge in [0.05, 0.1) is 26.8 Å². The lowest BCUT2D eigenvalue weighted by atomic mass is 10.1. The monoisotopic (exact) mass is 479 g/mol. The number of rotatable bonds is 3. The van der Waals surface area contributed by atoms with Gasteiger partial charge in [-0.3, -0.25) is 4.79 Å². The SMILES string of the molecule is Cc1ccc(-n2cccn2)c(C(=O)N2CC[C@@H]3C[C@@]32c2nc3cc(F)c(Br)cc3[nH]2)c1. The first-order valence-corrected chi connectivity index (χ1v) is 11.0. The number of aromatic amines is 1. The molecule has 156 valence electrons. The Kier molecular flexibility index (Phi) is 3.93. The van der Waals surface area contributed by atoms with E-state index in [2.05, 4.69) is 26.0 Å². The minimum Gasteiger partial charge on any atom is -0.340 e. The highest BCUT2D eigenvalue weighted by molar-refractivity contribution is 9.10. The number of aromatic nitrogens is 4. The number of H-pyrrole nitrogens is 1. The van der Waals surface area contributed by atoms with Crippen molar-refractivity contribution >= 4 is 32.9 Å². The third-order valence-electron chi connectivity index (χ3n) is 6.57. The zero-order chi connectivity index (χ0) is 21.3. The molecule has 0 spiro atoms. The second kappa shape index (κ2) is 6.50. The fourth-order valence-electron chi connectivity index (χ4n) is 4.96. The standard InChI is InChI=1S/C23H19BrFN5O/c1-13-3-4-20(30-7-2-6-26-30)15(9-13)21(31)29-8-5-14-12-23(14,29)22-27-18-10-16(24)17(25)11-19(18)28-22/h2-4,6-7,9-11,14H,5,8,12H2,1H3,(H,27,28)/t14-,23+/m1/s1. The minimum atomic E-state index is -0.454. The summed E-state index contributed by atoms with van der Waals surface area (Å²) in [7, 11) is 0. The highest BCUT2D eigenvalue weighted by Crippen LogP contribution is 2.62. The van der Waals surface area contributed by atoms with Gasteiger partial charge in [0.25, 0.3) is 5.91 Å². The van der Waals surface area contributed by atoms with Crippen LogP contribution < -0.4 is 0 Å². The first-order valence-electron chi connectivity index (χ1n) is 10.3. The lowest BCUT2D eigenvalue weighted by Gasteiger charge is -2.28. The predicted octanol–water partition coefficient (Wildman–Crippen LogP) is 4.72. The van der Waals surface area contributed by atoms with E-state index < -0.39 is 5.54 Å². The van der Waals surface area contributed by atoms with Gasteiger partial charge in [0.15, 0.2) is 0 Å². The topological polar surface area (TPSA) is 66.8 Å². The molecule has 6 rings (SSSR count). The largest absolute Gasteiger partial charge is 0.340 e. The average Bonchev–Trinajstić information content (AvgIpc) is 3.16. The van der Waals surface area contributed by atoms with E-state index in [0.29, 0.717) is 28.0 Å². The molecule has 1 saturated carbocycles. The van der Waals surface area contributed by atoms with E-state index in [-0.39, 0.29) is 11.7 Å². The Morgan fingerprint density at radius 1 is 1.32 bits per heavy atom. The van der Waals surface area contributed by atoms with Crippen molar-refractivity contribution in [3.63, 3.8) is 0 Å². The van der Waals surface area contributed by atoms with Crippen molar-refractivity contribution in [1.82, 2.24) is 24.6 Å². The van der Waals surface area contributed by atoms with Crippen molar-refractivity contribution in [3.05, 3.63) is 76.0 Å². The molecule has 1 amide bonds. The number of benzene rings is 2. The summed E-state index contributed by atoms with van der Waals surface area (Å²) in [6.45, 7) is 2.65. The van der Waals surface area contributed by atoms with Gasteiger partial charge in [0, 0.05) is 25.0 Å². The molecular weight excluding hydrogens is 461 g/mol. The van der Waals surface area contributed by atoms with Crippen molar-refractivity contribution in [2.75, 3.05) is 6.54 Å². The summed E-state index contributed by atoms with van der Waals surface area (Å²) in [4.78, 5) is 23.8. The molecule has 0 radical (unpaired) electrons. The maximum absolute atomic E-state index is 14.0.